The molecule has 0 fully saturated rings. The number of aliphatic carboxylic acids is 1. The average Bonchev–Trinajstić information content (AvgIpc) is 2.31. The zero-order valence-corrected chi connectivity index (χ0v) is 10.4. The molecule has 0 aliphatic rings. The normalized spacial score (nSPS) is 13.3. The molecule has 0 rings (SSSR count). The summed E-state index contributed by atoms with van der Waals surface area (Å²) in [5.74, 6) is -1.80. The zero-order chi connectivity index (χ0) is 13.4. The quantitative estimate of drug-likeness (QED) is 0.722. The second-order valence-electron chi connectivity index (χ2n) is 3.99. The first-order chi connectivity index (χ1) is 7.92. The Balaban J connectivity index is 4.18. The molecule has 0 aromatic carbocycles. The number of nitrogens with one attached hydrogen (secondary N) is 1. The van der Waals surface area contributed by atoms with Crippen molar-refractivity contribution in [3.05, 3.63) is 0 Å². The van der Waals surface area contributed by atoms with Crippen LogP contribution < -0.4 is 5.32 Å². The van der Waals surface area contributed by atoms with E-state index < -0.39 is 11.9 Å². The van der Waals surface area contributed by atoms with Gasteiger partial charge in [0.1, 0.15) is 0 Å². The highest BCUT2D eigenvalue weighted by Crippen LogP contribution is 1.99. The standard InChI is InChI=1S/C11H19N3O3/c1-4-14(7-8(2)5-12)11(17)13-6-9(3)10(15)16/h8-9H,4,6-7H2,1-3H3,(H,13,17)(H,15,16). The molecule has 17 heavy (non-hydrogen) atoms. The van der Waals surface area contributed by atoms with Gasteiger partial charge < -0.3 is 15.3 Å². The number of carbonyl (C=O) groups excluding carboxylic acids is 1. The molecule has 0 saturated carbocycles. The van der Waals surface area contributed by atoms with E-state index in [1.54, 1.807) is 6.92 Å². The van der Waals surface area contributed by atoms with Gasteiger partial charge in [-0.3, -0.25) is 4.79 Å². The smallest absolute Gasteiger partial charge is 0.317 e. The Morgan fingerprint density at radius 2 is 2.06 bits per heavy atom. The molecule has 6 heteroatoms. The maximum atomic E-state index is 11.7. The van der Waals surface area contributed by atoms with E-state index in [0.717, 1.165) is 0 Å². The number of carbonyl (C=O) groups is 2. The minimum Gasteiger partial charge on any atom is -0.481 e. The topological polar surface area (TPSA) is 93.4 Å². The van der Waals surface area contributed by atoms with Crippen LogP contribution in [-0.2, 0) is 4.79 Å². The minimum absolute atomic E-state index is 0.0889. The highest BCUT2D eigenvalue weighted by Gasteiger charge is 2.17. The van der Waals surface area contributed by atoms with Gasteiger partial charge in [0.2, 0.25) is 0 Å². The molecule has 0 aliphatic carbocycles. The Hall–Kier alpha value is -1.77. The SMILES string of the molecule is CCN(CC(C)C#N)C(=O)NCC(C)C(=O)O. The van der Waals surface area contributed by atoms with Crippen LogP contribution in [0.3, 0.4) is 0 Å². The summed E-state index contributed by atoms with van der Waals surface area (Å²) in [6.07, 6.45) is 0. The summed E-state index contributed by atoms with van der Waals surface area (Å²) in [6, 6.07) is 1.72. The van der Waals surface area contributed by atoms with Gasteiger partial charge in [0.15, 0.2) is 0 Å². The van der Waals surface area contributed by atoms with E-state index in [4.69, 9.17) is 10.4 Å². The fourth-order valence-electron chi connectivity index (χ4n) is 1.17. The molecule has 0 heterocycles. The van der Waals surface area contributed by atoms with Crippen molar-refractivity contribution in [1.29, 1.82) is 5.26 Å². The van der Waals surface area contributed by atoms with Crippen molar-refractivity contribution in [2.75, 3.05) is 19.6 Å². The van der Waals surface area contributed by atoms with Gasteiger partial charge in [-0.05, 0) is 13.8 Å². The van der Waals surface area contributed by atoms with Crippen molar-refractivity contribution in [1.82, 2.24) is 10.2 Å². The number of urea groups is 1. The molecule has 2 N–H and O–H groups in total. The van der Waals surface area contributed by atoms with Crippen LogP contribution in [0.15, 0.2) is 0 Å². The van der Waals surface area contributed by atoms with E-state index in [9.17, 15) is 9.59 Å². The van der Waals surface area contributed by atoms with Crippen LogP contribution in [0, 0.1) is 23.2 Å². The largest absolute Gasteiger partial charge is 0.481 e. The Labute approximate surface area is 101 Å². The van der Waals surface area contributed by atoms with E-state index in [1.807, 2.05) is 6.92 Å². The molecule has 0 radical (unpaired) electrons. The third-order valence-corrected chi connectivity index (χ3v) is 2.36. The number of hydrogen-bond acceptors (Lipinski definition) is 3. The predicted octanol–water partition coefficient (Wildman–Crippen LogP) is 0.898. The monoisotopic (exact) mass is 241 g/mol. The molecule has 0 spiro atoms. The lowest BCUT2D eigenvalue weighted by molar-refractivity contribution is -0.140. The van der Waals surface area contributed by atoms with Gasteiger partial charge >= 0.3 is 12.0 Å². The van der Waals surface area contributed by atoms with Gasteiger partial charge in [-0.15, -0.1) is 0 Å². The molecule has 2 amide bonds. The van der Waals surface area contributed by atoms with Gasteiger partial charge in [-0.25, -0.2) is 4.79 Å². The van der Waals surface area contributed by atoms with Crippen molar-refractivity contribution >= 4 is 12.0 Å². The van der Waals surface area contributed by atoms with Crippen molar-refractivity contribution in [2.45, 2.75) is 20.8 Å². The maximum absolute atomic E-state index is 11.7. The summed E-state index contributed by atoms with van der Waals surface area (Å²) in [5, 5.41) is 19.9. The van der Waals surface area contributed by atoms with Crippen LogP contribution in [0.25, 0.3) is 0 Å². The average molecular weight is 241 g/mol. The summed E-state index contributed by atoms with van der Waals surface area (Å²) in [5.41, 5.74) is 0. The molecule has 0 aliphatic heterocycles. The van der Waals surface area contributed by atoms with Crippen LogP contribution in [0.4, 0.5) is 4.79 Å². The summed E-state index contributed by atoms with van der Waals surface area (Å²) < 4.78 is 0. The lowest BCUT2D eigenvalue weighted by Crippen LogP contribution is -2.44. The summed E-state index contributed by atoms with van der Waals surface area (Å²) >= 11 is 0. The van der Waals surface area contributed by atoms with Gasteiger partial charge in [-0.1, -0.05) is 6.92 Å². The first kappa shape index (κ1) is 15.2. The van der Waals surface area contributed by atoms with Gasteiger partial charge in [0, 0.05) is 19.6 Å². The predicted molar refractivity (Wildman–Crippen MR) is 62.2 cm³/mol. The van der Waals surface area contributed by atoms with E-state index in [0.29, 0.717) is 13.1 Å². The van der Waals surface area contributed by atoms with Crippen LogP contribution >= 0.6 is 0 Å². The molecule has 96 valence electrons. The fourth-order valence-corrected chi connectivity index (χ4v) is 1.17. The van der Waals surface area contributed by atoms with Crippen LogP contribution in [0.5, 0.6) is 0 Å². The lowest BCUT2D eigenvalue weighted by Gasteiger charge is -2.22. The number of hydrogen-bond donors (Lipinski definition) is 2. The second-order valence-corrected chi connectivity index (χ2v) is 3.99. The first-order valence-electron chi connectivity index (χ1n) is 5.57. The van der Waals surface area contributed by atoms with E-state index in [1.165, 1.54) is 11.8 Å². The summed E-state index contributed by atoms with van der Waals surface area (Å²) in [7, 11) is 0. The second kappa shape index (κ2) is 7.49. The molecule has 0 bridgehead atoms. The number of rotatable bonds is 6. The molecule has 0 saturated heterocycles. The Morgan fingerprint density at radius 1 is 1.47 bits per heavy atom. The maximum Gasteiger partial charge on any atom is 0.317 e. The molecule has 0 aromatic heterocycles. The van der Waals surface area contributed by atoms with Crippen molar-refractivity contribution in [2.24, 2.45) is 11.8 Å². The fraction of sp³-hybridized carbons (Fsp3) is 0.727. The Morgan fingerprint density at radius 3 is 2.47 bits per heavy atom. The lowest BCUT2D eigenvalue weighted by atomic mass is 10.2. The number of nitrogens with zero attached hydrogens (tertiary/aromatic N) is 2. The third-order valence-electron chi connectivity index (χ3n) is 2.36. The highest BCUT2D eigenvalue weighted by molar-refractivity contribution is 5.75. The molecule has 6 nitrogen and oxygen atoms in total. The summed E-state index contributed by atoms with van der Waals surface area (Å²) in [4.78, 5) is 23.7. The Kier molecular flexibility index (Phi) is 6.71. The van der Waals surface area contributed by atoms with Crippen LogP contribution in [0.2, 0.25) is 0 Å². The van der Waals surface area contributed by atoms with E-state index in [2.05, 4.69) is 11.4 Å². The Bertz CT molecular complexity index is 312. The first-order valence-corrected chi connectivity index (χ1v) is 5.57. The number of carboxylic acids is 1. The minimum atomic E-state index is -0.946. The van der Waals surface area contributed by atoms with Gasteiger partial charge in [0.05, 0.1) is 17.9 Å². The number of carboxylic acid groups (broad SMARTS) is 1. The van der Waals surface area contributed by atoms with Gasteiger partial charge in [-0.2, -0.15) is 5.26 Å². The molecular weight excluding hydrogens is 222 g/mol. The third kappa shape index (κ3) is 5.76. The van der Waals surface area contributed by atoms with Gasteiger partial charge in [0.25, 0.3) is 0 Å². The van der Waals surface area contributed by atoms with Crippen molar-refractivity contribution in [3.8, 4) is 6.07 Å². The molecule has 2 atom stereocenters. The summed E-state index contributed by atoms with van der Waals surface area (Å²) in [6.45, 7) is 5.99. The molecular formula is C11H19N3O3. The molecule has 0 aromatic rings. The van der Waals surface area contributed by atoms with Crippen molar-refractivity contribution < 1.29 is 14.7 Å². The number of amides is 2. The van der Waals surface area contributed by atoms with Crippen LogP contribution in [-0.4, -0.2) is 41.6 Å². The van der Waals surface area contributed by atoms with E-state index >= 15 is 0 Å². The highest BCUT2D eigenvalue weighted by atomic mass is 16.4. The molecule has 2 unspecified atom stereocenters. The zero-order valence-electron chi connectivity index (χ0n) is 10.4. The van der Waals surface area contributed by atoms with Crippen LogP contribution in [0.1, 0.15) is 20.8 Å². The van der Waals surface area contributed by atoms with Crippen molar-refractivity contribution in [3.63, 3.8) is 0 Å². The van der Waals surface area contributed by atoms with E-state index in [-0.39, 0.29) is 18.5 Å². The number of nitriles is 1.